The second-order valence-electron chi connectivity index (χ2n) is 4.80. The molecule has 1 aliphatic heterocycles. The Morgan fingerprint density at radius 2 is 2.17 bits per heavy atom. The SMILES string of the molecule is CCCC1Cc2ccc3cc[nH]c3c2NS1(=O)=O. The number of aromatic amines is 1. The first kappa shape index (κ1) is 11.6. The van der Waals surface area contributed by atoms with Gasteiger partial charge >= 0.3 is 0 Å². The Morgan fingerprint density at radius 1 is 1.33 bits per heavy atom. The molecule has 0 saturated heterocycles. The number of hydrogen-bond acceptors (Lipinski definition) is 2. The molecule has 0 amide bonds. The van der Waals surface area contributed by atoms with Gasteiger partial charge in [-0.2, -0.15) is 0 Å². The molecule has 2 aromatic rings. The van der Waals surface area contributed by atoms with Crippen molar-refractivity contribution in [1.82, 2.24) is 4.98 Å². The van der Waals surface area contributed by atoms with E-state index in [-0.39, 0.29) is 5.25 Å². The second kappa shape index (κ2) is 4.02. The molecule has 1 unspecified atom stereocenters. The van der Waals surface area contributed by atoms with Crippen molar-refractivity contribution in [3.63, 3.8) is 0 Å². The summed E-state index contributed by atoms with van der Waals surface area (Å²) in [5.41, 5.74) is 2.69. The highest BCUT2D eigenvalue weighted by atomic mass is 32.2. The molecule has 0 saturated carbocycles. The van der Waals surface area contributed by atoms with E-state index in [0.29, 0.717) is 12.8 Å². The summed E-state index contributed by atoms with van der Waals surface area (Å²) in [5.74, 6) is 0. The normalized spacial score (nSPS) is 21.5. The zero-order valence-electron chi connectivity index (χ0n) is 10.2. The molecule has 0 bridgehead atoms. The fourth-order valence-electron chi connectivity index (χ4n) is 2.62. The smallest absolute Gasteiger partial charge is 0.236 e. The highest BCUT2D eigenvalue weighted by molar-refractivity contribution is 7.93. The van der Waals surface area contributed by atoms with Crippen molar-refractivity contribution in [1.29, 1.82) is 0 Å². The molecule has 1 aromatic heterocycles. The van der Waals surface area contributed by atoms with E-state index in [2.05, 4.69) is 9.71 Å². The number of benzene rings is 1. The van der Waals surface area contributed by atoms with Gasteiger partial charge in [-0.25, -0.2) is 8.42 Å². The summed E-state index contributed by atoms with van der Waals surface area (Å²) in [4.78, 5) is 3.11. The van der Waals surface area contributed by atoms with Gasteiger partial charge in [-0.3, -0.25) is 4.72 Å². The molecule has 0 radical (unpaired) electrons. The van der Waals surface area contributed by atoms with Crippen LogP contribution in [-0.4, -0.2) is 18.7 Å². The molecule has 18 heavy (non-hydrogen) atoms. The summed E-state index contributed by atoms with van der Waals surface area (Å²) in [6.45, 7) is 2.01. The van der Waals surface area contributed by atoms with Crippen LogP contribution >= 0.6 is 0 Å². The van der Waals surface area contributed by atoms with Gasteiger partial charge in [0, 0.05) is 11.6 Å². The average Bonchev–Trinajstić information content (AvgIpc) is 2.78. The number of rotatable bonds is 2. The third-order valence-electron chi connectivity index (χ3n) is 3.56. The maximum absolute atomic E-state index is 12.2. The second-order valence-corrected chi connectivity index (χ2v) is 6.76. The molecule has 2 N–H and O–H groups in total. The molecule has 1 aromatic carbocycles. The Kier molecular flexibility index (Phi) is 2.59. The molecule has 0 aliphatic carbocycles. The van der Waals surface area contributed by atoms with Crippen LogP contribution in [0.1, 0.15) is 25.3 Å². The zero-order valence-corrected chi connectivity index (χ0v) is 11.0. The molecule has 5 heteroatoms. The first-order valence-electron chi connectivity index (χ1n) is 6.22. The molecule has 2 heterocycles. The van der Waals surface area contributed by atoms with Crippen molar-refractivity contribution in [3.8, 4) is 0 Å². The van der Waals surface area contributed by atoms with Gasteiger partial charge in [0.1, 0.15) is 0 Å². The first-order chi connectivity index (χ1) is 8.62. The lowest BCUT2D eigenvalue weighted by atomic mass is 10.0. The average molecular weight is 264 g/mol. The predicted molar refractivity (Wildman–Crippen MR) is 73.2 cm³/mol. The van der Waals surface area contributed by atoms with E-state index in [1.807, 2.05) is 31.3 Å². The lowest BCUT2D eigenvalue weighted by Crippen LogP contribution is -2.34. The molecule has 96 valence electrons. The maximum Gasteiger partial charge on any atom is 0.236 e. The fraction of sp³-hybridized carbons (Fsp3) is 0.385. The van der Waals surface area contributed by atoms with Gasteiger partial charge in [0.05, 0.1) is 16.5 Å². The maximum atomic E-state index is 12.2. The van der Waals surface area contributed by atoms with Gasteiger partial charge in [-0.1, -0.05) is 25.5 Å². The Morgan fingerprint density at radius 3 is 2.94 bits per heavy atom. The van der Waals surface area contributed by atoms with Crippen LogP contribution in [-0.2, 0) is 16.4 Å². The lowest BCUT2D eigenvalue weighted by Gasteiger charge is -2.26. The minimum Gasteiger partial charge on any atom is -0.359 e. The van der Waals surface area contributed by atoms with Crippen molar-refractivity contribution >= 4 is 26.6 Å². The van der Waals surface area contributed by atoms with Crippen LogP contribution in [0.4, 0.5) is 5.69 Å². The minimum absolute atomic E-state index is 0.303. The summed E-state index contributed by atoms with van der Waals surface area (Å²) in [6.07, 6.45) is 4.02. The van der Waals surface area contributed by atoms with E-state index in [9.17, 15) is 8.42 Å². The van der Waals surface area contributed by atoms with Crippen LogP contribution in [0.25, 0.3) is 10.9 Å². The Bertz CT molecular complexity index is 688. The van der Waals surface area contributed by atoms with Crippen molar-refractivity contribution in [2.45, 2.75) is 31.4 Å². The molecule has 0 fully saturated rings. The molecule has 3 rings (SSSR count). The van der Waals surface area contributed by atoms with Crippen LogP contribution in [0.15, 0.2) is 24.4 Å². The monoisotopic (exact) mass is 264 g/mol. The summed E-state index contributed by atoms with van der Waals surface area (Å²) >= 11 is 0. The van der Waals surface area contributed by atoms with Gasteiger partial charge in [-0.05, 0) is 24.5 Å². The van der Waals surface area contributed by atoms with Gasteiger partial charge in [0.15, 0.2) is 0 Å². The van der Waals surface area contributed by atoms with Crippen molar-refractivity contribution in [3.05, 3.63) is 30.0 Å². The molecule has 0 spiro atoms. The van der Waals surface area contributed by atoms with E-state index < -0.39 is 10.0 Å². The van der Waals surface area contributed by atoms with Gasteiger partial charge in [-0.15, -0.1) is 0 Å². The standard InChI is InChI=1S/C13H16N2O2S/c1-2-3-11-8-10-5-4-9-6-7-14-12(9)13(10)15-18(11,16)17/h4-7,11,14-15H,2-3,8H2,1H3. The molecule has 1 atom stereocenters. The topological polar surface area (TPSA) is 62.0 Å². The highest BCUT2D eigenvalue weighted by Gasteiger charge is 2.32. The summed E-state index contributed by atoms with van der Waals surface area (Å²) in [6, 6.07) is 6.01. The van der Waals surface area contributed by atoms with Crippen LogP contribution in [0.5, 0.6) is 0 Å². The van der Waals surface area contributed by atoms with E-state index in [4.69, 9.17) is 0 Å². The van der Waals surface area contributed by atoms with Gasteiger partial charge in [0.2, 0.25) is 10.0 Å². The van der Waals surface area contributed by atoms with Gasteiger partial charge < -0.3 is 4.98 Å². The van der Waals surface area contributed by atoms with Crippen LogP contribution in [0.2, 0.25) is 0 Å². The largest absolute Gasteiger partial charge is 0.359 e. The first-order valence-corrected chi connectivity index (χ1v) is 7.77. The van der Waals surface area contributed by atoms with E-state index in [0.717, 1.165) is 28.6 Å². The fourth-order valence-corrected chi connectivity index (χ4v) is 4.25. The summed E-state index contributed by atoms with van der Waals surface area (Å²) in [5, 5.41) is 0.729. The highest BCUT2D eigenvalue weighted by Crippen LogP contribution is 2.34. The lowest BCUT2D eigenvalue weighted by molar-refractivity contribution is 0.569. The quantitative estimate of drug-likeness (QED) is 0.876. The molecule has 4 nitrogen and oxygen atoms in total. The van der Waals surface area contributed by atoms with Crippen molar-refractivity contribution in [2.24, 2.45) is 0 Å². The Labute approximate surface area is 106 Å². The zero-order chi connectivity index (χ0) is 12.8. The van der Waals surface area contributed by atoms with Gasteiger partial charge in [0.25, 0.3) is 0 Å². The molecular weight excluding hydrogens is 248 g/mol. The Balaban J connectivity index is 2.14. The van der Waals surface area contributed by atoms with E-state index in [1.54, 1.807) is 0 Å². The number of sulfonamides is 1. The predicted octanol–water partition coefficient (Wildman–Crippen LogP) is 2.63. The van der Waals surface area contributed by atoms with E-state index in [1.165, 1.54) is 0 Å². The van der Waals surface area contributed by atoms with Crippen LogP contribution in [0, 0.1) is 0 Å². The minimum atomic E-state index is -3.24. The molecular formula is C13H16N2O2S. The number of H-pyrrole nitrogens is 1. The number of fused-ring (bicyclic) bond motifs is 3. The van der Waals surface area contributed by atoms with E-state index >= 15 is 0 Å². The van der Waals surface area contributed by atoms with Crippen LogP contribution < -0.4 is 4.72 Å². The summed E-state index contributed by atoms with van der Waals surface area (Å²) in [7, 11) is -3.24. The van der Waals surface area contributed by atoms with Crippen LogP contribution in [0.3, 0.4) is 0 Å². The van der Waals surface area contributed by atoms with Crippen molar-refractivity contribution in [2.75, 3.05) is 4.72 Å². The third kappa shape index (κ3) is 1.70. The molecule has 1 aliphatic rings. The number of aromatic nitrogens is 1. The summed E-state index contributed by atoms with van der Waals surface area (Å²) < 4.78 is 27.1. The Hall–Kier alpha value is -1.49. The number of anilines is 1. The third-order valence-corrected chi connectivity index (χ3v) is 5.32. The van der Waals surface area contributed by atoms with Crippen molar-refractivity contribution < 1.29 is 8.42 Å². The number of hydrogen-bond donors (Lipinski definition) is 2. The number of nitrogens with one attached hydrogen (secondary N) is 2.